The molecule has 0 spiro atoms. The first-order valence-corrected chi connectivity index (χ1v) is 11.6. The van der Waals surface area contributed by atoms with Crippen LogP contribution in [0.2, 0.25) is 0 Å². The number of nitrogens with one attached hydrogen (secondary N) is 1. The molecule has 1 amide bonds. The van der Waals surface area contributed by atoms with Crippen LogP contribution in [0.5, 0.6) is 11.5 Å². The number of rotatable bonds is 6. The molecule has 1 aliphatic rings. The first-order chi connectivity index (χ1) is 12.9. The first-order valence-electron chi connectivity index (χ1n) is 8.12. The van der Waals surface area contributed by atoms with Gasteiger partial charge in [-0.15, -0.1) is 23.5 Å². The Kier molecular flexibility index (Phi) is 6.23. The molecule has 0 bridgehead atoms. The van der Waals surface area contributed by atoms with Gasteiger partial charge in [-0.2, -0.15) is 8.42 Å². The molecular weight excluding hydrogens is 406 g/mol. The van der Waals surface area contributed by atoms with E-state index in [-0.39, 0.29) is 16.6 Å². The number of ether oxygens (including phenoxy) is 1. The first kappa shape index (κ1) is 19.9. The highest BCUT2D eigenvalue weighted by Crippen LogP contribution is 2.47. The molecule has 1 N–H and O–H groups in total. The van der Waals surface area contributed by atoms with E-state index in [2.05, 4.69) is 5.32 Å². The molecular formula is C18H19NO5S3. The summed E-state index contributed by atoms with van der Waals surface area (Å²) in [6, 6.07) is 11.1. The Hall–Kier alpha value is -1.84. The normalized spacial score (nSPS) is 14.7. The lowest BCUT2D eigenvalue weighted by Gasteiger charge is -2.14. The number of thioether (sulfide) groups is 2. The fourth-order valence-electron chi connectivity index (χ4n) is 2.53. The van der Waals surface area contributed by atoms with Crippen molar-refractivity contribution in [3.8, 4) is 11.5 Å². The van der Waals surface area contributed by atoms with E-state index >= 15 is 0 Å². The molecule has 2 aromatic rings. The van der Waals surface area contributed by atoms with Crippen molar-refractivity contribution >= 4 is 45.2 Å². The Morgan fingerprint density at radius 3 is 2.33 bits per heavy atom. The van der Waals surface area contributed by atoms with E-state index in [1.165, 1.54) is 38.3 Å². The summed E-state index contributed by atoms with van der Waals surface area (Å²) in [5, 5.41) is 2.59. The van der Waals surface area contributed by atoms with Gasteiger partial charge >= 0.3 is 10.1 Å². The zero-order chi connectivity index (χ0) is 19.4. The summed E-state index contributed by atoms with van der Waals surface area (Å²) >= 11 is 3.71. The lowest BCUT2D eigenvalue weighted by atomic mass is 10.2. The van der Waals surface area contributed by atoms with Crippen LogP contribution >= 0.6 is 23.5 Å². The number of benzene rings is 2. The van der Waals surface area contributed by atoms with Gasteiger partial charge < -0.3 is 14.2 Å². The topological polar surface area (TPSA) is 81.7 Å². The predicted octanol–water partition coefficient (Wildman–Crippen LogP) is 3.90. The Morgan fingerprint density at radius 1 is 1.07 bits per heavy atom. The van der Waals surface area contributed by atoms with Crippen LogP contribution in [0.25, 0.3) is 0 Å². The second-order valence-electron chi connectivity index (χ2n) is 5.73. The van der Waals surface area contributed by atoms with E-state index in [0.29, 0.717) is 16.0 Å². The fourth-order valence-corrected chi connectivity index (χ4v) is 6.30. The van der Waals surface area contributed by atoms with Crippen LogP contribution in [-0.4, -0.2) is 32.9 Å². The molecule has 1 aliphatic heterocycles. The van der Waals surface area contributed by atoms with Gasteiger partial charge in [-0.05, 0) is 42.0 Å². The van der Waals surface area contributed by atoms with Gasteiger partial charge in [0.2, 0.25) is 5.91 Å². The summed E-state index contributed by atoms with van der Waals surface area (Å²) < 4.78 is 36.1. The van der Waals surface area contributed by atoms with Crippen molar-refractivity contribution in [1.29, 1.82) is 0 Å². The summed E-state index contributed by atoms with van der Waals surface area (Å²) in [5.41, 5.74) is 1.58. The van der Waals surface area contributed by atoms with Crippen molar-refractivity contribution < 1.29 is 22.1 Å². The zero-order valence-electron chi connectivity index (χ0n) is 14.8. The van der Waals surface area contributed by atoms with Crippen molar-refractivity contribution in [3.05, 3.63) is 48.0 Å². The summed E-state index contributed by atoms with van der Waals surface area (Å²) in [5.74, 6) is 2.47. The molecule has 9 heteroatoms. The molecule has 0 unspecified atom stereocenters. The number of amides is 1. The minimum atomic E-state index is -4.03. The van der Waals surface area contributed by atoms with Crippen LogP contribution in [0.3, 0.4) is 0 Å². The predicted molar refractivity (Wildman–Crippen MR) is 109 cm³/mol. The smallest absolute Gasteiger partial charge is 0.339 e. The fraction of sp³-hybridized carbons (Fsp3) is 0.278. The quantitative estimate of drug-likeness (QED) is 0.703. The molecule has 1 saturated heterocycles. The molecule has 3 rings (SSSR count). The van der Waals surface area contributed by atoms with E-state index in [4.69, 9.17) is 8.92 Å². The SMILES string of the molecule is COc1cc(C2SCCS2)ccc1OS(=O)(=O)c1ccc(NC(C)=O)cc1. The lowest BCUT2D eigenvalue weighted by molar-refractivity contribution is -0.114. The maximum atomic E-state index is 12.6. The van der Waals surface area contributed by atoms with Gasteiger partial charge in [0.05, 0.1) is 11.7 Å². The Morgan fingerprint density at radius 2 is 1.74 bits per heavy atom. The van der Waals surface area contributed by atoms with Crippen LogP contribution in [0.4, 0.5) is 5.69 Å². The van der Waals surface area contributed by atoms with Gasteiger partial charge in [0, 0.05) is 24.1 Å². The van der Waals surface area contributed by atoms with Crippen molar-refractivity contribution in [2.75, 3.05) is 23.9 Å². The van der Waals surface area contributed by atoms with E-state index in [0.717, 1.165) is 17.1 Å². The summed E-state index contributed by atoms with van der Waals surface area (Å²) in [4.78, 5) is 11.0. The molecule has 0 atom stereocenters. The van der Waals surface area contributed by atoms with Crippen molar-refractivity contribution in [3.63, 3.8) is 0 Å². The average Bonchev–Trinajstić information content (AvgIpc) is 3.16. The molecule has 0 radical (unpaired) electrons. The highest BCUT2D eigenvalue weighted by atomic mass is 32.2. The second-order valence-corrected chi connectivity index (χ2v) is 10.00. The van der Waals surface area contributed by atoms with E-state index in [1.54, 1.807) is 6.07 Å². The third-order valence-corrected chi connectivity index (χ3v) is 8.10. The van der Waals surface area contributed by atoms with E-state index in [9.17, 15) is 13.2 Å². The molecule has 0 aromatic heterocycles. The summed E-state index contributed by atoms with van der Waals surface area (Å²) in [7, 11) is -2.54. The molecule has 0 saturated carbocycles. The third-order valence-electron chi connectivity index (χ3n) is 3.74. The Labute approximate surface area is 167 Å². The van der Waals surface area contributed by atoms with Gasteiger partial charge in [-0.1, -0.05) is 6.07 Å². The Bertz CT molecular complexity index is 923. The lowest BCUT2D eigenvalue weighted by Crippen LogP contribution is -2.11. The molecule has 27 heavy (non-hydrogen) atoms. The Balaban J connectivity index is 1.81. The molecule has 6 nitrogen and oxygen atoms in total. The monoisotopic (exact) mass is 425 g/mol. The van der Waals surface area contributed by atoms with Crippen molar-refractivity contribution in [2.45, 2.75) is 16.4 Å². The third kappa shape index (κ3) is 4.91. The summed E-state index contributed by atoms with van der Waals surface area (Å²) in [6.07, 6.45) is 0. The minimum absolute atomic E-state index is 0.00960. The van der Waals surface area contributed by atoms with Crippen LogP contribution in [0.15, 0.2) is 47.4 Å². The zero-order valence-corrected chi connectivity index (χ0v) is 17.2. The molecule has 144 valence electrons. The van der Waals surface area contributed by atoms with Gasteiger partial charge in [0.1, 0.15) is 4.90 Å². The largest absolute Gasteiger partial charge is 0.493 e. The standard InChI is InChI=1S/C18H19NO5S3/c1-12(20)19-14-4-6-15(7-5-14)27(21,22)24-16-8-3-13(11-17(16)23-2)18-25-9-10-26-18/h3-8,11,18H,9-10H2,1-2H3,(H,19,20). The molecule has 1 heterocycles. The summed E-state index contributed by atoms with van der Waals surface area (Å²) in [6.45, 7) is 1.38. The highest BCUT2D eigenvalue weighted by molar-refractivity contribution is 8.19. The second kappa shape index (κ2) is 8.45. The van der Waals surface area contributed by atoms with Crippen LogP contribution in [0, 0.1) is 0 Å². The van der Waals surface area contributed by atoms with Crippen molar-refractivity contribution in [1.82, 2.24) is 0 Å². The van der Waals surface area contributed by atoms with Gasteiger partial charge in [0.15, 0.2) is 11.5 Å². The maximum Gasteiger partial charge on any atom is 0.339 e. The number of hydrogen-bond donors (Lipinski definition) is 1. The molecule has 1 fully saturated rings. The number of methoxy groups -OCH3 is 1. The van der Waals surface area contributed by atoms with E-state index in [1.807, 2.05) is 35.7 Å². The number of hydrogen-bond acceptors (Lipinski definition) is 7. The van der Waals surface area contributed by atoms with Crippen LogP contribution < -0.4 is 14.2 Å². The van der Waals surface area contributed by atoms with E-state index < -0.39 is 10.1 Å². The van der Waals surface area contributed by atoms with Crippen molar-refractivity contribution in [2.24, 2.45) is 0 Å². The van der Waals surface area contributed by atoms with Crippen LogP contribution in [0.1, 0.15) is 17.1 Å². The van der Waals surface area contributed by atoms with Gasteiger partial charge in [-0.3, -0.25) is 4.79 Å². The van der Waals surface area contributed by atoms with Crippen LogP contribution in [-0.2, 0) is 14.9 Å². The number of anilines is 1. The highest BCUT2D eigenvalue weighted by Gasteiger charge is 2.23. The molecule has 2 aromatic carbocycles. The molecule has 0 aliphatic carbocycles. The number of carbonyl (C=O) groups excluding carboxylic acids is 1. The average molecular weight is 426 g/mol. The number of carbonyl (C=O) groups is 1. The van der Waals surface area contributed by atoms with Gasteiger partial charge in [0.25, 0.3) is 0 Å². The van der Waals surface area contributed by atoms with Gasteiger partial charge in [-0.25, -0.2) is 0 Å². The minimum Gasteiger partial charge on any atom is -0.493 e. The maximum absolute atomic E-state index is 12.6.